The van der Waals surface area contributed by atoms with E-state index >= 15 is 0 Å². The Hall–Kier alpha value is -2.09. The highest BCUT2D eigenvalue weighted by Gasteiger charge is 2.26. The largest absolute Gasteiger partial charge is 0.331 e. The van der Waals surface area contributed by atoms with Gasteiger partial charge in [-0.25, -0.2) is 18.2 Å². The van der Waals surface area contributed by atoms with Gasteiger partial charge in [0.05, 0.1) is 23.3 Å². The maximum absolute atomic E-state index is 12.4. The summed E-state index contributed by atoms with van der Waals surface area (Å²) in [4.78, 5) is 18.7. The third-order valence-corrected chi connectivity index (χ3v) is 5.70. The molecule has 0 spiro atoms. The minimum absolute atomic E-state index is 0.0187. The molecule has 1 atom stereocenters. The molecule has 0 saturated carbocycles. The van der Waals surface area contributed by atoms with Gasteiger partial charge in [0.15, 0.2) is 0 Å². The fourth-order valence-corrected chi connectivity index (χ4v) is 4.56. The zero-order valence-corrected chi connectivity index (χ0v) is 15.4. The molecule has 2 heterocycles. The molecule has 0 bridgehead atoms. The molecule has 136 valence electrons. The van der Waals surface area contributed by atoms with Gasteiger partial charge in [0, 0.05) is 26.4 Å². The molecule has 1 N–H and O–H groups in total. The fourth-order valence-electron chi connectivity index (χ4n) is 3.43. The van der Waals surface area contributed by atoms with Crippen LogP contribution in [0.5, 0.6) is 0 Å². The molecule has 25 heavy (non-hydrogen) atoms. The topological polar surface area (TPSA) is 84.3 Å². The quantitative estimate of drug-likeness (QED) is 0.892. The number of carbonyl (C=O) groups excluding carboxylic acids is 1. The van der Waals surface area contributed by atoms with E-state index in [0.29, 0.717) is 19.6 Å². The van der Waals surface area contributed by atoms with Crippen LogP contribution in [0.1, 0.15) is 18.7 Å². The van der Waals surface area contributed by atoms with Crippen LogP contribution in [-0.4, -0.2) is 54.0 Å². The van der Waals surface area contributed by atoms with Crippen molar-refractivity contribution >= 4 is 26.9 Å². The minimum atomic E-state index is -3.02. The molecule has 7 nitrogen and oxygen atoms in total. The SMILES string of the molecule is Cn1c(CNC(=O)N2CCC[C@H](CS(C)(=O)=O)C2)nc2ccccc21. The molecule has 2 aromatic rings. The van der Waals surface area contributed by atoms with Crippen molar-refractivity contribution in [1.82, 2.24) is 19.8 Å². The van der Waals surface area contributed by atoms with Crippen molar-refractivity contribution < 1.29 is 13.2 Å². The van der Waals surface area contributed by atoms with Crippen molar-refractivity contribution in [3.63, 3.8) is 0 Å². The number of fused-ring (bicyclic) bond motifs is 1. The van der Waals surface area contributed by atoms with Gasteiger partial charge in [-0.2, -0.15) is 0 Å². The average Bonchev–Trinajstić information content (AvgIpc) is 2.88. The molecule has 1 aliphatic rings. The Kier molecular flexibility index (Phi) is 4.99. The van der Waals surface area contributed by atoms with Crippen LogP contribution in [0.4, 0.5) is 4.79 Å². The molecule has 0 radical (unpaired) electrons. The van der Waals surface area contributed by atoms with Gasteiger partial charge in [-0.3, -0.25) is 0 Å². The predicted molar refractivity (Wildman–Crippen MR) is 97.0 cm³/mol. The fraction of sp³-hybridized carbons (Fsp3) is 0.529. The van der Waals surface area contributed by atoms with E-state index in [0.717, 1.165) is 29.7 Å². The molecule has 8 heteroatoms. The van der Waals surface area contributed by atoms with Crippen LogP contribution in [0.25, 0.3) is 11.0 Å². The zero-order chi connectivity index (χ0) is 18.0. The van der Waals surface area contributed by atoms with Crippen LogP contribution in [-0.2, 0) is 23.4 Å². The average molecular weight is 364 g/mol. The van der Waals surface area contributed by atoms with Crippen LogP contribution in [0.2, 0.25) is 0 Å². The standard InChI is InChI=1S/C17H24N4O3S/c1-20-15-8-4-3-7-14(15)19-16(20)10-18-17(22)21-9-5-6-13(11-21)12-25(2,23)24/h3-4,7-8,13H,5-6,9-12H2,1-2H3,(H,18,22)/t13-/m0/s1. The molecule has 2 amide bonds. The number of para-hydroxylation sites is 2. The van der Waals surface area contributed by atoms with Crippen molar-refractivity contribution in [2.24, 2.45) is 13.0 Å². The Morgan fingerprint density at radius 2 is 2.12 bits per heavy atom. The number of hydrogen-bond donors (Lipinski definition) is 1. The predicted octanol–water partition coefficient (Wildman–Crippen LogP) is 1.54. The monoisotopic (exact) mass is 364 g/mol. The highest BCUT2D eigenvalue weighted by molar-refractivity contribution is 7.90. The summed E-state index contributed by atoms with van der Waals surface area (Å²) in [7, 11) is -1.09. The summed E-state index contributed by atoms with van der Waals surface area (Å²) in [5.41, 5.74) is 1.93. The van der Waals surface area contributed by atoms with Crippen LogP contribution in [0, 0.1) is 5.92 Å². The van der Waals surface area contributed by atoms with Crippen molar-refractivity contribution in [2.45, 2.75) is 19.4 Å². The van der Waals surface area contributed by atoms with Gasteiger partial charge >= 0.3 is 6.03 Å². The minimum Gasteiger partial charge on any atom is -0.331 e. The summed E-state index contributed by atoms with van der Waals surface area (Å²) in [5.74, 6) is 0.950. The number of aryl methyl sites for hydroxylation is 1. The third kappa shape index (κ3) is 4.31. The van der Waals surface area contributed by atoms with E-state index in [1.165, 1.54) is 6.26 Å². The maximum Gasteiger partial charge on any atom is 0.317 e. The number of carbonyl (C=O) groups is 1. The summed E-state index contributed by atoms with van der Waals surface area (Å²) in [6.45, 7) is 1.49. The summed E-state index contributed by atoms with van der Waals surface area (Å²) in [6, 6.07) is 7.68. The second kappa shape index (κ2) is 7.03. The number of hydrogen-bond acceptors (Lipinski definition) is 4. The molecule has 1 saturated heterocycles. The van der Waals surface area contributed by atoms with Crippen molar-refractivity contribution in [1.29, 1.82) is 0 Å². The number of urea groups is 1. The number of nitrogens with one attached hydrogen (secondary N) is 1. The Balaban J connectivity index is 1.61. The Bertz CT molecular complexity index is 875. The number of imidazole rings is 1. The number of piperidine rings is 1. The lowest BCUT2D eigenvalue weighted by Gasteiger charge is -2.32. The van der Waals surface area contributed by atoms with E-state index in [1.807, 2.05) is 35.9 Å². The molecule has 1 fully saturated rings. The normalized spacial score (nSPS) is 18.5. The molecule has 0 unspecified atom stereocenters. The number of sulfone groups is 1. The van der Waals surface area contributed by atoms with E-state index in [2.05, 4.69) is 10.3 Å². The van der Waals surface area contributed by atoms with Gasteiger partial charge in [0.2, 0.25) is 0 Å². The molecule has 0 aliphatic carbocycles. The highest BCUT2D eigenvalue weighted by atomic mass is 32.2. The number of aromatic nitrogens is 2. The molecular weight excluding hydrogens is 340 g/mol. The first-order valence-electron chi connectivity index (χ1n) is 8.44. The maximum atomic E-state index is 12.4. The smallest absolute Gasteiger partial charge is 0.317 e. The number of nitrogens with zero attached hydrogens (tertiary/aromatic N) is 3. The van der Waals surface area contributed by atoms with E-state index in [4.69, 9.17) is 0 Å². The Morgan fingerprint density at radius 1 is 1.36 bits per heavy atom. The second-order valence-corrected chi connectivity index (χ2v) is 8.97. The lowest BCUT2D eigenvalue weighted by molar-refractivity contribution is 0.169. The van der Waals surface area contributed by atoms with Crippen molar-refractivity contribution in [3.05, 3.63) is 30.1 Å². The van der Waals surface area contributed by atoms with Crippen LogP contribution in [0.3, 0.4) is 0 Å². The highest BCUT2D eigenvalue weighted by Crippen LogP contribution is 2.18. The van der Waals surface area contributed by atoms with Crippen LogP contribution < -0.4 is 5.32 Å². The summed E-state index contributed by atoms with van der Waals surface area (Å²) < 4.78 is 24.9. The van der Waals surface area contributed by atoms with Gasteiger partial charge in [0.1, 0.15) is 15.7 Å². The first-order chi connectivity index (χ1) is 11.8. The summed E-state index contributed by atoms with van der Waals surface area (Å²) >= 11 is 0. The Morgan fingerprint density at radius 3 is 2.84 bits per heavy atom. The second-order valence-electron chi connectivity index (χ2n) is 6.78. The van der Waals surface area contributed by atoms with Crippen LogP contribution in [0.15, 0.2) is 24.3 Å². The van der Waals surface area contributed by atoms with Gasteiger partial charge in [-0.15, -0.1) is 0 Å². The summed E-state index contributed by atoms with van der Waals surface area (Å²) in [5, 5.41) is 2.91. The molecule has 3 rings (SSSR count). The Labute approximate surface area is 147 Å². The molecular formula is C17H24N4O3S. The number of likely N-dealkylation sites (tertiary alicyclic amines) is 1. The molecule has 1 aromatic heterocycles. The van der Waals surface area contributed by atoms with Gasteiger partial charge in [0.25, 0.3) is 0 Å². The first kappa shape index (κ1) is 17.7. The van der Waals surface area contributed by atoms with E-state index < -0.39 is 9.84 Å². The van der Waals surface area contributed by atoms with Crippen molar-refractivity contribution in [3.8, 4) is 0 Å². The van der Waals surface area contributed by atoms with Crippen molar-refractivity contribution in [2.75, 3.05) is 25.1 Å². The molecule has 1 aliphatic heterocycles. The first-order valence-corrected chi connectivity index (χ1v) is 10.5. The van der Waals surface area contributed by atoms with E-state index in [-0.39, 0.29) is 17.7 Å². The van der Waals surface area contributed by atoms with E-state index in [9.17, 15) is 13.2 Å². The summed E-state index contributed by atoms with van der Waals surface area (Å²) in [6.07, 6.45) is 2.93. The number of benzene rings is 1. The number of amides is 2. The van der Waals surface area contributed by atoms with Crippen LogP contribution >= 0.6 is 0 Å². The van der Waals surface area contributed by atoms with E-state index in [1.54, 1.807) is 4.90 Å². The third-order valence-electron chi connectivity index (χ3n) is 4.62. The van der Waals surface area contributed by atoms with Gasteiger partial charge in [-0.1, -0.05) is 12.1 Å². The zero-order valence-electron chi connectivity index (χ0n) is 14.6. The van der Waals surface area contributed by atoms with Gasteiger partial charge < -0.3 is 14.8 Å². The lowest BCUT2D eigenvalue weighted by Crippen LogP contribution is -2.46. The lowest BCUT2D eigenvalue weighted by atomic mass is 10.0. The number of rotatable bonds is 4. The molecule has 1 aromatic carbocycles. The van der Waals surface area contributed by atoms with Gasteiger partial charge in [-0.05, 0) is 30.9 Å².